The Morgan fingerprint density at radius 3 is 2.77 bits per heavy atom. The molecule has 1 atom stereocenters. The highest BCUT2D eigenvalue weighted by molar-refractivity contribution is 6.06. The summed E-state index contributed by atoms with van der Waals surface area (Å²) in [7, 11) is 0. The standard InChI is InChI=1S/C23H23F3N8O/c24-23(25,26)18-6-5-14(9-27-18)12-32-13-15(11-29-32)10-28-22-30-16-3-1-8-34-19(16)20(31-22)33-7-2-4-17(33)21(34)35/h5-6,9,11,13,17H,1-4,7-8,10,12H2,(H,28,30,31)/t17-/m0/s1. The van der Waals surface area contributed by atoms with Crippen LogP contribution in [0.4, 0.5) is 30.6 Å². The van der Waals surface area contributed by atoms with Gasteiger partial charge in [-0.25, -0.2) is 4.98 Å². The van der Waals surface area contributed by atoms with Gasteiger partial charge in [0.15, 0.2) is 5.82 Å². The van der Waals surface area contributed by atoms with Crippen molar-refractivity contribution in [3.05, 3.63) is 53.2 Å². The highest BCUT2D eigenvalue weighted by Crippen LogP contribution is 2.43. The largest absolute Gasteiger partial charge is 0.433 e. The van der Waals surface area contributed by atoms with E-state index in [1.165, 1.54) is 12.3 Å². The second kappa shape index (κ2) is 8.21. The normalized spacial score (nSPS) is 19.1. The van der Waals surface area contributed by atoms with Gasteiger partial charge in [-0.1, -0.05) is 6.07 Å². The Bertz CT molecular complexity index is 1270. The van der Waals surface area contributed by atoms with Crippen molar-refractivity contribution in [3.8, 4) is 0 Å². The number of nitrogens with zero attached hydrogens (tertiary/aromatic N) is 7. The molecule has 35 heavy (non-hydrogen) atoms. The van der Waals surface area contributed by atoms with Crippen molar-refractivity contribution < 1.29 is 18.0 Å². The van der Waals surface area contributed by atoms with E-state index in [-0.39, 0.29) is 11.9 Å². The van der Waals surface area contributed by atoms with Gasteiger partial charge >= 0.3 is 6.18 Å². The number of nitrogens with one attached hydrogen (secondary N) is 1. The minimum Gasteiger partial charge on any atom is -0.350 e. The third-order valence-electron chi connectivity index (χ3n) is 6.68. The van der Waals surface area contributed by atoms with Crippen molar-refractivity contribution in [3.63, 3.8) is 0 Å². The smallest absolute Gasteiger partial charge is 0.350 e. The fourth-order valence-corrected chi connectivity index (χ4v) is 5.05. The van der Waals surface area contributed by atoms with Gasteiger partial charge in [0.05, 0.1) is 18.4 Å². The zero-order valence-electron chi connectivity index (χ0n) is 18.8. The number of aryl methyl sites for hydroxylation is 1. The molecule has 1 amide bonds. The van der Waals surface area contributed by atoms with E-state index in [1.54, 1.807) is 10.9 Å². The van der Waals surface area contributed by atoms with E-state index < -0.39 is 11.9 Å². The van der Waals surface area contributed by atoms with Crippen molar-refractivity contribution in [2.45, 2.75) is 51.0 Å². The molecule has 1 fully saturated rings. The highest BCUT2D eigenvalue weighted by Gasteiger charge is 2.44. The summed E-state index contributed by atoms with van der Waals surface area (Å²) >= 11 is 0. The molecule has 6 heterocycles. The van der Waals surface area contributed by atoms with Crippen LogP contribution < -0.4 is 15.1 Å². The molecule has 3 aromatic rings. The molecule has 182 valence electrons. The van der Waals surface area contributed by atoms with E-state index in [0.717, 1.165) is 61.1 Å². The number of alkyl halides is 3. The average Bonchev–Trinajstić information content (AvgIpc) is 3.51. The van der Waals surface area contributed by atoms with E-state index >= 15 is 0 Å². The van der Waals surface area contributed by atoms with Crippen LogP contribution in [0.3, 0.4) is 0 Å². The summed E-state index contributed by atoms with van der Waals surface area (Å²) in [5.74, 6) is 1.51. The number of anilines is 3. The minimum absolute atomic E-state index is 0.130. The molecule has 6 rings (SSSR count). The number of pyridine rings is 1. The molecule has 9 nitrogen and oxygen atoms in total. The first-order valence-electron chi connectivity index (χ1n) is 11.6. The third kappa shape index (κ3) is 3.96. The lowest BCUT2D eigenvalue weighted by Gasteiger charge is -2.41. The van der Waals surface area contributed by atoms with E-state index in [2.05, 4.69) is 20.3 Å². The maximum Gasteiger partial charge on any atom is 0.433 e. The monoisotopic (exact) mass is 484 g/mol. The van der Waals surface area contributed by atoms with E-state index in [0.29, 0.717) is 31.1 Å². The topological polar surface area (TPSA) is 92.1 Å². The molecule has 1 saturated heterocycles. The fraction of sp³-hybridized carbons (Fsp3) is 0.435. The molecule has 3 aliphatic rings. The predicted molar refractivity (Wildman–Crippen MR) is 121 cm³/mol. The van der Waals surface area contributed by atoms with Crippen molar-refractivity contribution in [2.75, 3.05) is 28.2 Å². The number of hydrogen-bond donors (Lipinski definition) is 1. The van der Waals surface area contributed by atoms with Gasteiger partial charge in [-0.15, -0.1) is 0 Å². The van der Waals surface area contributed by atoms with Gasteiger partial charge in [-0.05, 0) is 37.3 Å². The van der Waals surface area contributed by atoms with Crippen LogP contribution in [0, 0.1) is 0 Å². The number of amides is 1. The second-order valence-electron chi connectivity index (χ2n) is 9.06. The Labute approximate surface area is 199 Å². The van der Waals surface area contributed by atoms with Gasteiger partial charge in [0.2, 0.25) is 11.9 Å². The van der Waals surface area contributed by atoms with Gasteiger partial charge in [-0.2, -0.15) is 23.3 Å². The maximum atomic E-state index is 12.9. The molecule has 0 radical (unpaired) electrons. The molecular weight excluding hydrogens is 461 g/mol. The van der Waals surface area contributed by atoms with Gasteiger partial charge in [0.25, 0.3) is 0 Å². The van der Waals surface area contributed by atoms with Crippen LogP contribution in [-0.4, -0.2) is 49.8 Å². The first kappa shape index (κ1) is 21.8. The quantitative estimate of drug-likeness (QED) is 0.595. The van der Waals surface area contributed by atoms with Crippen LogP contribution in [-0.2, 0) is 30.5 Å². The third-order valence-corrected chi connectivity index (χ3v) is 6.68. The SMILES string of the molecule is O=C1[C@@H]2CCCN2c2nc(NCc3cnn(Cc4ccc(C(F)(F)F)nc4)c3)nc3c2N1CCC3. The maximum absolute atomic E-state index is 12.9. The molecular formula is C23H23F3N8O. The van der Waals surface area contributed by atoms with E-state index in [4.69, 9.17) is 9.97 Å². The van der Waals surface area contributed by atoms with E-state index in [9.17, 15) is 18.0 Å². The summed E-state index contributed by atoms with van der Waals surface area (Å²) < 4.78 is 39.8. The summed E-state index contributed by atoms with van der Waals surface area (Å²) in [6.07, 6.45) is 3.80. The van der Waals surface area contributed by atoms with Crippen molar-refractivity contribution >= 4 is 23.4 Å². The molecule has 0 saturated carbocycles. The average molecular weight is 484 g/mol. The van der Waals surface area contributed by atoms with Crippen LogP contribution in [0.1, 0.15) is 41.8 Å². The van der Waals surface area contributed by atoms with Crippen LogP contribution in [0.15, 0.2) is 30.7 Å². The number of aromatic nitrogens is 5. The lowest BCUT2D eigenvalue weighted by Crippen LogP contribution is -2.53. The Morgan fingerprint density at radius 1 is 1.09 bits per heavy atom. The van der Waals surface area contributed by atoms with Crippen molar-refractivity contribution in [1.82, 2.24) is 24.7 Å². The summed E-state index contributed by atoms with van der Waals surface area (Å²) in [4.78, 5) is 29.9. The molecule has 0 aliphatic carbocycles. The van der Waals surface area contributed by atoms with Gasteiger partial charge < -0.3 is 15.1 Å². The molecule has 0 unspecified atom stereocenters. The van der Waals surface area contributed by atoms with Crippen LogP contribution in [0.2, 0.25) is 0 Å². The van der Waals surface area contributed by atoms with Crippen molar-refractivity contribution in [1.29, 1.82) is 0 Å². The summed E-state index contributed by atoms with van der Waals surface area (Å²) in [6.45, 7) is 2.28. The number of carbonyl (C=O) groups is 1. The molecule has 1 N–H and O–H groups in total. The second-order valence-corrected chi connectivity index (χ2v) is 9.06. The molecule has 3 aromatic heterocycles. The first-order chi connectivity index (χ1) is 16.9. The number of halogens is 3. The Morgan fingerprint density at radius 2 is 1.97 bits per heavy atom. The molecule has 3 aliphatic heterocycles. The number of carbonyl (C=O) groups excluding carboxylic acids is 1. The van der Waals surface area contributed by atoms with Gasteiger partial charge in [0.1, 0.15) is 17.4 Å². The number of hydrogen-bond acceptors (Lipinski definition) is 7. The van der Waals surface area contributed by atoms with Crippen LogP contribution in [0.25, 0.3) is 0 Å². The zero-order valence-corrected chi connectivity index (χ0v) is 18.8. The summed E-state index contributed by atoms with van der Waals surface area (Å²) in [5.41, 5.74) is 2.35. The predicted octanol–water partition coefficient (Wildman–Crippen LogP) is 3.01. The highest BCUT2D eigenvalue weighted by atomic mass is 19.4. The number of fused-ring (bicyclic) bond motifs is 2. The Kier molecular flexibility index (Phi) is 5.11. The molecule has 0 bridgehead atoms. The summed E-state index contributed by atoms with van der Waals surface area (Å²) in [5, 5.41) is 7.58. The first-order valence-corrected chi connectivity index (χ1v) is 11.6. The fourth-order valence-electron chi connectivity index (χ4n) is 5.05. The molecule has 12 heteroatoms. The Hall–Kier alpha value is -3.70. The van der Waals surface area contributed by atoms with Crippen LogP contribution >= 0.6 is 0 Å². The molecule has 0 aromatic carbocycles. The van der Waals surface area contributed by atoms with Gasteiger partial charge in [-0.3, -0.25) is 14.5 Å². The van der Waals surface area contributed by atoms with Crippen molar-refractivity contribution in [2.24, 2.45) is 0 Å². The zero-order chi connectivity index (χ0) is 24.2. The lowest BCUT2D eigenvalue weighted by atomic mass is 10.0. The lowest BCUT2D eigenvalue weighted by molar-refractivity contribution is -0.141. The summed E-state index contributed by atoms with van der Waals surface area (Å²) in [6, 6.07) is 2.25. The van der Waals surface area contributed by atoms with E-state index in [1.807, 2.05) is 11.1 Å². The minimum atomic E-state index is -4.45. The van der Waals surface area contributed by atoms with Crippen LogP contribution in [0.5, 0.6) is 0 Å². The number of rotatable bonds is 5. The Balaban J connectivity index is 1.16. The van der Waals surface area contributed by atoms with Gasteiger partial charge in [0, 0.05) is 37.6 Å². The molecule has 0 spiro atoms.